The van der Waals surface area contributed by atoms with E-state index in [4.69, 9.17) is 0 Å². The van der Waals surface area contributed by atoms with Crippen molar-refractivity contribution in [2.75, 3.05) is 19.6 Å². The van der Waals surface area contributed by atoms with Crippen molar-refractivity contribution in [1.82, 2.24) is 9.21 Å². The van der Waals surface area contributed by atoms with Gasteiger partial charge in [0, 0.05) is 41.9 Å². The zero-order valence-corrected chi connectivity index (χ0v) is 21.1. The maximum Gasteiger partial charge on any atom is 0.269 e. The fourth-order valence-electron chi connectivity index (χ4n) is 4.33. The van der Waals surface area contributed by atoms with Gasteiger partial charge in [-0.05, 0) is 32.0 Å². The summed E-state index contributed by atoms with van der Waals surface area (Å²) in [4.78, 5) is 39.5. The van der Waals surface area contributed by atoms with E-state index in [0.717, 1.165) is 4.31 Å². The number of nitro groups is 1. The van der Waals surface area contributed by atoms with Crippen LogP contribution in [0.5, 0.6) is 0 Å². The van der Waals surface area contributed by atoms with Gasteiger partial charge in [0.2, 0.25) is 5.78 Å². The monoisotopic (exact) mass is 519 g/mol. The fraction of sp³-hybridized carbons (Fsp3) is 0.185. The minimum Gasteiger partial charge on any atom is -0.370 e. The average molecular weight is 520 g/mol. The van der Waals surface area contributed by atoms with E-state index < -0.39 is 33.1 Å². The molecule has 3 aromatic carbocycles. The van der Waals surface area contributed by atoms with E-state index in [0.29, 0.717) is 24.4 Å². The highest BCUT2D eigenvalue weighted by molar-refractivity contribution is 7.89. The third kappa shape index (κ3) is 4.75. The van der Waals surface area contributed by atoms with Gasteiger partial charge in [-0.2, -0.15) is 0 Å². The molecular formula is C27H25N3O6S. The molecular weight excluding hydrogens is 494 g/mol. The van der Waals surface area contributed by atoms with Crippen LogP contribution >= 0.6 is 0 Å². The third-order valence-corrected chi connectivity index (χ3v) is 8.01. The van der Waals surface area contributed by atoms with Crippen molar-refractivity contribution >= 4 is 33.0 Å². The summed E-state index contributed by atoms with van der Waals surface area (Å²) in [5, 5.41) is 11.0. The van der Waals surface area contributed by atoms with Crippen molar-refractivity contribution < 1.29 is 22.9 Å². The molecule has 0 amide bonds. The molecule has 9 nitrogen and oxygen atoms in total. The normalized spacial score (nSPS) is 14.2. The quantitative estimate of drug-likeness (QED) is 0.234. The lowest BCUT2D eigenvalue weighted by molar-refractivity contribution is -0.384. The number of hydrogen-bond donors (Lipinski definition) is 0. The smallest absolute Gasteiger partial charge is 0.269 e. The molecule has 37 heavy (non-hydrogen) atoms. The van der Waals surface area contributed by atoms with E-state index in [1.54, 1.807) is 48.5 Å². The molecule has 3 aromatic rings. The van der Waals surface area contributed by atoms with Gasteiger partial charge in [-0.15, -0.1) is 0 Å². The molecule has 0 bridgehead atoms. The Bertz CT molecular complexity index is 1490. The van der Waals surface area contributed by atoms with Crippen LogP contribution in [0.2, 0.25) is 0 Å². The second-order valence-electron chi connectivity index (χ2n) is 8.30. The Kier molecular flexibility index (Phi) is 7.21. The van der Waals surface area contributed by atoms with Crippen LogP contribution in [0.25, 0.3) is 5.70 Å². The van der Waals surface area contributed by atoms with E-state index in [1.807, 2.05) is 18.7 Å². The maximum atomic E-state index is 13.9. The van der Waals surface area contributed by atoms with Crippen LogP contribution in [0.4, 0.5) is 5.69 Å². The Morgan fingerprint density at radius 2 is 1.46 bits per heavy atom. The lowest BCUT2D eigenvalue weighted by atomic mass is 10.0. The van der Waals surface area contributed by atoms with Crippen molar-refractivity contribution in [2.24, 2.45) is 0 Å². The number of carbonyl (C=O) groups is 2. The Morgan fingerprint density at radius 3 is 2.05 bits per heavy atom. The molecule has 0 aromatic heterocycles. The van der Waals surface area contributed by atoms with E-state index in [-0.39, 0.29) is 27.4 Å². The summed E-state index contributed by atoms with van der Waals surface area (Å²) in [6.07, 6.45) is 0. The van der Waals surface area contributed by atoms with Crippen LogP contribution < -0.4 is 0 Å². The topological polar surface area (TPSA) is 118 Å². The second-order valence-corrected chi connectivity index (χ2v) is 10.1. The summed E-state index contributed by atoms with van der Waals surface area (Å²) in [6, 6.07) is 19.6. The molecule has 0 N–H and O–H groups in total. The minimum atomic E-state index is -4.29. The Balaban J connectivity index is 1.93. The van der Waals surface area contributed by atoms with Gasteiger partial charge in [-0.1, -0.05) is 48.5 Å². The molecule has 0 spiro atoms. The number of ketones is 2. The number of sulfonamides is 1. The molecule has 4 rings (SSSR count). The van der Waals surface area contributed by atoms with E-state index >= 15 is 0 Å². The van der Waals surface area contributed by atoms with Crippen LogP contribution in [-0.2, 0) is 10.0 Å². The SMILES string of the molecule is CCN(CC)C1=C(C(=O)c2ccccc2)N(CC(=O)c2ccc([N+](=O)[O-])cc2)S(=O)(=O)c2ccccc21. The molecule has 1 heterocycles. The molecule has 0 aliphatic carbocycles. The highest BCUT2D eigenvalue weighted by atomic mass is 32.2. The van der Waals surface area contributed by atoms with Crippen LogP contribution in [-0.4, -0.2) is 53.7 Å². The van der Waals surface area contributed by atoms with Crippen molar-refractivity contribution in [2.45, 2.75) is 18.7 Å². The van der Waals surface area contributed by atoms with Crippen LogP contribution in [0.1, 0.15) is 40.1 Å². The van der Waals surface area contributed by atoms with Crippen molar-refractivity contribution in [1.29, 1.82) is 0 Å². The maximum absolute atomic E-state index is 13.9. The number of fused-ring (bicyclic) bond motifs is 1. The highest BCUT2D eigenvalue weighted by Crippen LogP contribution is 2.40. The number of benzene rings is 3. The molecule has 1 aliphatic rings. The predicted molar refractivity (Wildman–Crippen MR) is 138 cm³/mol. The third-order valence-electron chi connectivity index (χ3n) is 6.20. The summed E-state index contributed by atoms with van der Waals surface area (Å²) in [5.74, 6) is -1.13. The number of rotatable bonds is 9. The van der Waals surface area contributed by atoms with Gasteiger partial charge >= 0.3 is 0 Å². The van der Waals surface area contributed by atoms with E-state index in [1.165, 1.54) is 30.3 Å². The lowest BCUT2D eigenvalue weighted by Gasteiger charge is -2.37. The Labute approximate surface area is 214 Å². The molecule has 190 valence electrons. The van der Waals surface area contributed by atoms with Gasteiger partial charge in [-0.3, -0.25) is 24.0 Å². The fourth-order valence-corrected chi connectivity index (χ4v) is 5.96. The van der Waals surface area contributed by atoms with Gasteiger partial charge in [0.25, 0.3) is 15.7 Å². The first-order valence-corrected chi connectivity index (χ1v) is 13.1. The second kappa shape index (κ2) is 10.4. The molecule has 0 unspecified atom stereocenters. The number of nitro benzene ring substituents is 1. The van der Waals surface area contributed by atoms with Crippen LogP contribution in [0.15, 0.2) is 89.5 Å². The first-order chi connectivity index (χ1) is 17.7. The summed E-state index contributed by atoms with van der Waals surface area (Å²) in [7, 11) is -4.29. The number of hydrogen-bond acceptors (Lipinski definition) is 7. The number of allylic oxidation sites excluding steroid dienone is 1. The van der Waals surface area contributed by atoms with Crippen molar-refractivity contribution in [3.05, 3.63) is 111 Å². The molecule has 0 radical (unpaired) electrons. The zero-order chi connectivity index (χ0) is 26.7. The Hall–Kier alpha value is -4.31. The van der Waals surface area contributed by atoms with Gasteiger partial charge < -0.3 is 4.90 Å². The largest absolute Gasteiger partial charge is 0.370 e. The van der Waals surface area contributed by atoms with Gasteiger partial charge in [0.05, 0.1) is 22.1 Å². The van der Waals surface area contributed by atoms with Gasteiger partial charge in [0.1, 0.15) is 5.70 Å². The first-order valence-electron chi connectivity index (χ1n) is 11.7. The van der Waals surface area contributed by atoms with Crippen LogP contribution in [0.3, 0.4) is 0 Å². The lowest BCUT2D eigenvalue weighted by Crippen LogP contribution is -2.43. The van der Waals surface area contributed by atoms with Crippen molar-refractivity contribution in [3.8, 4) is 0 Å². The molecule has 0 atom stereocenters. The Morgan fingerprint density at radius 1 is 0.865 bits per heavy atom. The molecule has 10 heteroatoms. The molecule has 0 saturated carbocycles. The zero-order valence-electron chi connectivity index (χ0n) is 20.3. The summed E-state index contributed by atoms with van der Waals surface area (Å²) in [5.41, 5.74) is 0.897. The summed E-state index contributed by atoms with van der Waals surface area (Å²) >= 11 is 0. The molecule has 1 aliphatic heterocycles. The number of non-ortho nitro benzene ring substituents is 1. The van der Waals surface area contributed by atoms with Gasteiger partial charge in [-0.25, -0.2) is 8.42 Å². The number of Topliss-reactive ketones (excluding diaryl/α,β-unsaturated/α-hetero) is 2. The summed E-state index contributed by atoms with van der Waals surface area (Å²) < 4.78 is 28.6. The summed E-state index contributed by atoms with van der Waals surface area (Å²) in [6.45, 7) is 4.15. The van der Waals surface area contributed by atoms with Gasteiger partial charge in [0.15, 0.2) is 5.78 Å². The number of carbonyl (C=O) groups excluding carboxylic acids is 2. The minimum absolute atomic E-state index is 0.00184. The van der Waals surface area contributed by atoms with Crippen molar-refractivity contribution in [3.63, 3.8) is 0 Å². The predicted octanol–water partition coefficient (Wildman–Crippen LogP) is 4.38. The van der Waals surface area contributed by atoms with Crippen LogP contribution in [0, 0.1) is 10.1 Å². The average Bonchev–Trinajstić information content (AvgIpc) is 2.92. The number of nitrogens with zero attached hydrogens (tertiary/aromatic N) is 3. The van der Waals surface area contributed by atoms with E-state index in [2.05, 4.69) is 0 Å². The standard InChI is InChI=1S/C27H25N3O6S/c1-3-28(4-2)25-22-12-8-9-13-24(22)37(35,36)29(26(25)27(32)20-10-6-5-7-11-20)18-23(31)19-14-16-21(17-15-19)30(33)34/h5-17H,3-4,18H2,1-2H3. The van der Waals surface area contributed by atoms with E-state index in [9.17, 15) is 28.1 Å². The molecule has 0 fully saturated rings. The first kappa shape index (κ1) is 25.8. The highest BCUT2D eigenvalue weighted by Gasteiger charge is 2.42. The molecule has 0 saturated heterocycles.